The van der Waals surface area contributed by atoms with Crippen LogP contribution in [0.15, 0.2) is 60.9 Å². The molecule has 0 radical (unpaired) electrons. The highest BCUT2D eigenvalue weighted by atomic mass is 16.5. The van der Waals surface area contributed by atoms with Crippen LogP contribution in [0.3, 0.4) is 0 Å². The van der Waals surface area contributed by atoms with Gasteiger partial charge >= 0.3 is 0 Å². The first-order valence-corrected chi connectivity index (χ1v) is 11.6. The zero-order valence-electron chi connectivity index (χ0n) is 19.6. The van der Waals surface area contributed by atoms with E-state index in [0.29, 0.717) is 32.7 Å². The number of rotatable bonds is 5. The maximum Gasteiger partial charge on any atom is 0.228 e. The molecule has 3 aromatic rings. The van der Waals surface area contributed by atoms with Crippen molar-refractivity contribution in [3.8, 4) is 11.4 Å². The molecule has 2 aromatic carbocycles. The molecule has 0 aliphatic carbocycles. The Hall–Kier alpha value is -3.81. The summed E-state index contributed by atoms with van der Waals surface area (Å²) in [5.41, 5.74) is 3.09. The average molecular weight is 460 g/mol. The largest absolute Gasteiger partial charge is 0.497 e. The molecule has 0 spiro atoms. The lowest BCUT2D eigenvalue weighted by atomic mass is 10.1. The minimum Gasteiger partial charge on any atom is -0.497 e. The highest BCUT2D eigenvalue weighted by Gasteiger charge is 2.38. The molecule has 8 nitrogen and oxygen atoms in total. The van der Waals surface area contributed by atoms with Crippen LogP contribution in [0.25, 0.3) is 5.69 Å². The van der Waals surface area contributed by atoms with Gasteiger partial charge in [-0.15, -0.1) is 0 Å². The zero-order valence-corrected chi connectivity index (χ0v) is 19.6. The normalized spacial score (nSPS) is 18.5. The topological polar surface area (TPSA) is 70.9 Å². The number of hydrogen-bond acceptors (Lipinski definition) is 5. The SMILES string of the molecule is COc1ccc(N2CC(C(=O)N3CCN(c4nccn4-c4ccc(C)cc4)CC3)CC2=O)cc1. The Bertz CT molecular complexity index is 1160. The number of anilines is 2. The molecule has 1 unspecified atom stereocenters. The molecule has 1 atom stereocenters. The number of carbonyl (C=O) groups is 2. The Morgan fingerprint density at radius 2 is 1.65 bits per heavy atom. The number of nitrogens with zero attached hydrogens (tertiary/aromatic N) is 5. The van der Waals surface area contributed by atoms with Gasteiger partial charge in [0, 0.05) is 62.9 Å². The number of benzene rings is 2. The van der Waals surface area contributed by atoms with Crippen molar-refractivity contribution in [3.05, 3.63) is 66.5 Å². The molecule has 2 amide bonds. The van der Waals surface area contributed by atoms with E-state index < -0.39 is 0 Å². The van der Waals surface area contributed by atoms with Gasteiger partial charge in [-0.05, 0) is 43.3 Å². The Morgan fingerprint density at radius 3 is 2.32 bits per heavy atom. The number of amides is 2. The van der Waals surface area contributed by atoms with Crippen LogP contribution >= 0.6 is 0 Å². The molecule has 2 aliphatic heterocycles. The molecular formula is C26H29N5O3. The van der Waals surface area contributed by atoms with Crippen molar-refractivity contribution in [3.63, 3.8) is 0 Å². The van der Waals surface area contributed by atoms with Gasteiger partial charge in [0.05, 0.1) is 13.0 Å². The van der Waals surface area contributed by atoms with Crippen molar-refractivity contribution in [1.29, 1.82) is 0 Å². The van der Waals surface area contributed by atoms with E-state index in [0.717, 1.165) is 23.1 Å². The van der Waals surface area contributed by atoms with E-state index in [-0.39, 0.29) is 24.2 Å². The molecule has 0 bridgehead atoms. The van der Waals surface area contributed by atoms with Crippen LogP contribution in [-0.2, 0) is 9.59 Å². The summed E-state index contributed by atoms with van der Waals surface area (Å²) >= 11 is 0. The third kappa shape index (κ3) is 4.23. The summed E-state index contributed by atoms with van der Waals surface area (Å²) in [4.78, 5) is 36.2. The van der Waals surface area contributed by atoms with Gasteiger partial charge < -0.3 is 19.4 Å². The molecule has 5 rings (SSSR count). The number of hydrogen-bond donors (Lipinski definition) is 0. The Kier molecular flexibility index (Phi) is 5.96. The minimum atomic E-state index is -0.310. The fraction of sp³-hybridized carbons (Fsp3) is 0.346. The minimum absolute atomic E-state index is 0.0118. The number of aromatic nitrogens is 2. The number of methoxy groups -OCH3 is 1. The molecule has 2 aliphatic rings. The van der Waals surface area contributed by atoms with Gasteiger partial charge in [-0.2, -0.15) is 0 Å². The molecule has 2 saturated heterocycles. The number of piperazine rings is 1. The second-order valence-corrected chi connectivity index (χ2v) is 8.85. The molecular weight excluding hydrogens is 430 g/mol. The van der Waals surface area contributed by atoms with Crippen LogP contribution in [0.4, 0.5) is 11.6 Å². The summed E-state index contributed by atoms with van der Waals surface area (Å²) in [5, 5.41) is 0. The number of ether oxygens (including phenoxy) is 1. The number of imidazole rings is 1. The number of aryl methyl sites for hydroxylation is 1. The van der Waals surface area contributed by atoms with Crippen molar-refractivity contribution in [2.75, 3.05) is 49.6 Å². The van der Waals surface area contributed by atoms with Crippen LogP contribution in [0.5, 0.6) is 5.75 Å². The summed E-state index contributed by atoms with van der Waals surface area (Å²) in [6, 6.07) is 15.7. The number of carbonyl (C=O) groups excluding carboxylic acids is 2. The first-order valence-electron chi connectivity index (χ1n) is 11.6. The quantitative estimate of drug-likeness (QED) is 0.587. The maximum atomic E-state index is 13.2. The smallest absolute Gasteiger partial charge is 0.228 e. The van der Waals surface area contributed by atoms with Crippen LogP contribution in [0, 0.1) is 12.8 Å². The standard InChI is InChI=1S/C26H29N5O3/c1-19-3-5-21(6-4-19)30-12-11-27-26(30)29-15-13-28(14-16-29)25(33)20-17-24(32)31(18-20)22-7-9-23(34-2)10-8-22/h3-12,20H,13-18H2,1-2H3. The predicted octanol–water partition coefficient (Wildman–Crippen LogP) is 2.89. The lowest BCUT2D eigenvalue weighted by Gasteiger charge is -2.36. The van der Waals surface area contributed by atoms with E-state index in [1.807, 2.05) is 41.6 Å². The second-order valence-electron chi connectivity index (χ2n) is 8.85. The molecule has 34 heavy (non-hydrogen) atoms. The molecule has 8 heteroatoms. The summed E-state index contributed by atoms with van der Waals surface area (Å²) in [5.74, 6) is 1.37. The van der Waals surface area contributed by atoms with E-state index in [1.165, 1.54) is 5.56 Å². The summed E-state index contributed by atoms with van der Waals surface area (Å²) in [6.07, 6.45) is 4.03. The summed E-state index contributed by atoms with van der Waals surface area (Å²) < 4.78 is 7.28. The highest BCUT2D eigenvalue weighted by Crippen LogP contribution is 2.28. The van der Waals surface area contributed by atoms with Crippen LogP contribution < -0.4 is 14.5 Å². The monoisotopic (exact) mass is 459 g/mol. The van der Waals surface area contributed by atoms with E-state index >= 15 is 0 Å². The molecule has 0 N–H and O–H groups in total. The van der Waals surface area contributed by atoms with Gasteiger partial charge in [-0.1, -0.05) is 17.7 Å². The van der Waals surface area contributed by atoms with Crippen LogP contribution in [0.1, 0.15) is 12.0 Å². The van der Waals surface area contributed by atoms with Crippen molar-refractivity contribution >= 4 is 23.5 Å². The van der Waals surface area contributed by atoms with Gasteiger partial charge in [0.1, 0.15) is 5.75 Å². The van der Waals surface area contributed by atoms with Gasteiger partial charge in [0.2, 0.25) is 17.8 Å². The van der Waals surface area contributed by atoms with Gasteiger partial charge in [-0.25, -0.2) is 4.98 Å². The predicted molar refractivity (Wildman–Crippen MR) is 131 cm³/mol. The van der Waals surface area contributed by atoms with E-state index in [9.17, 15) is 9.59 Å². The molecule has 2 fully saturated rings. The van der Waals surface area contributed by atoms with Crippen molar-refractivity contribution in [2.45, 2.75) is 13.3 Å². The first kappa shape index (κ1) is 22.0. The fourth-order valence-electron chi connectivity index (χ4n) is 4.71. The molecule has 176 valence electrons. The third-order valence-corrected chi connectivity index (χ3v) is 6.67. The van der Waals surface area contributed by atoms with Crippen LogP contribution in [-0.4, -0.2) is 66.1 Å². The Labute approximate surface area is 199 Å². The first-order chi connectivity index (χ1) is 16.5. The van der Waals surface area contributed by atoms with Crippen molar-refractivity contribution in [2.24, 2.45) is 5.92 Å². The fourth-order valence-corrected chi connectivity index (χ4v) is 4.71. The maximum absolute atomic E-state index is 13.2. The lowest BCUT2D eigenvalue weighted by molar-refractivity contribution is -0.136. The van der Waals surface area contributed by atoms with Crippen molar-refractivity contribution < 1.29 is 14.3 Å². The van der Waals surface area contributed by atoms with Gasteiger partial charge in [0.15, 0.2) is 0 Å². The van der Waals surface area contributed by atoms with Gasteiger partial charge in [-0.3, -0.25) is 14.2 Å². The van der Waals surface area contributed by atoms with Crippen molar-refractivity contribution in [1.82, 2.24) is 14.5 Å². The van der Waals surface area contributed by atoms with Crippen LogP contribution in [0.2, 0.25) is 0 Å². The second kappa shape index (κ2) is 9.21. The summed E-state index contributed by atoms with van der Waals surface area (Å²) in [6.45, 7) is 5.14. The average Bonchev–Trinajstić information content (AvgIpc) is 3.51. The van der Waals surface area contributed by atoms with E-state index in [1.54, 1.807) is 12.0 Å². The molecule has 0 saturated carbocycles. The van der Waals surface area contributed by atoms with Gasteiger partial charge in [0.25, 0.3) is 0 Å². The van der Waals surface area contributed by atoms with E-state index in [4.69, 9.17) is 4.74 Å². The van der Waals surface area contributed by atoms with E-state index in [2.05, 4.69) is 45.6 Å². The Balaban J connectivity index is 1.21. The lowest BCUT2D eigenvalue weighted by Crippen LogP contribution is -2.51. The third-order valence-electron chi connectivity index (χ3n) is 6.67. The molecule has 3 heterocycles. The molecule has 1 aromatic heterocycles. The Morgan fingerprint density at radius 1 is 0.971 bits per heavy atom. The highest BCUT2D eigenvalue weighted by molar-refractivity contribution is 6.00. The summed E-state index contributed by atoms with van der Waals surface area (Å²) in [7, 11) is 1.61. The zero-order chi connectivity index (χ0) is 23.7.